The van der Waals surface area contributed by atoms with Gasteiger partial charge < -0.3 is 15.0 Å². The van der Waals surface area contributed by atoms with Crippen LogP contribution in [0, 0.1) is 0 Å². The first-order chi connectivity index (χ1) is 12.2. The molecule has 1 aliphatic heterocycles. The number of amides is 2. The molecule has 2 amide bonds. The molecule has 2 aliphatic rings. The Labute approximate surface area is 146 Å². The monoisotopic (exact) mass is 336 g/mol. The zero-order chi connectivity index (χ0) is 17.2. The highest BCUT2D eigenvalue weighted by Gasteiger charge is 2.36. The second kappa shape index (κ2) is 6.59. The first-order valence-corrected chi connectivity index (χ1v) is 8.60. The summed E-state index contributed by atoms with van der Waals surface area (Å²) in [6, 6.07) is 17.5. The van der Waals surface area contributed by atoms with Crippen molar-refractivity contribution in [3.05, 3.63) is 60.2 Å². The number of carbonyl (C=O) groups excluding carboxylic acids is 2. The van der Waals surface area contributed by atoms with Crippen LogP contribution < -0.4 is 10.1 Å². The minimum atomic E-state index is -0.778. The first-order valence-electron chi connectivity index (χ1n) is 8.60. The number of para-hydroxylation sites is 2. The molecule has 25 heavy (non-hydrogen) atoms. The summed E-state index contributed by atoms with van der Waals surface area (Å²) in [6.45, 7) is 0.579. The van der Waals surface area contributed by atoms with Crippen LogP contribution in [0.2, 0.25) is 0 Å². The number of carbonyl (C=O) groups is 2. The third kappa shape index (κ3) is 3.50. The van der Waals surface area contributed by atoms with Crippen LogP contribution in [0.3, 0.4) is 0 Å². The molecule has 1 atom stereocenters. The number of nitrogens with zero attached hydrogens (tertiary/aromatic N) is 1. The summed E-state index contributed by atoms with van der Waals surface area (Å²) >= 11 is 0. The van der Waals surface area contributed by atoms with E-state index in [1.165, 1.54) is 0 Å². The van der Waals surface area contributed by atoms with Crippen LogP contribution in [0.1, 0.15) is 24.8 Å². The van der Waals surface area contributed by atoms with Crippen molar-refractivity contribution in [3.63, 3.8) is 0 Å². The summed E-state index contributed by atoms with van der Waals surface area (Å²) in [5.41, 5.74) is 1.75. The second-order valence-corrected chi connectivity index (χ2v) is 6.53. The zero-order valence-electron chi connectivity index (χ0n) is 13.9. The standard InChI is InChI=1S/C20H20N2O3/c23-19(22(15-10-11-15)13-14-6-2-1-3-7-14)12-18-20(24)21-16-8-4-5-9-17(16)25-18/h1-9,15,18H,10-13H2,(H,21,24). The Morgan fingerprint density at radius 1 is 1.08 bits per heavy atom. The van der Waals surface area contributed by atoms with Crippen molar-refractivity contribution in [2.75, 3.05) is 5.32 Å². The highest BCUT2D eigenvalue weighted by atomic mass is 16.5. The number of rotatable bonds is 5. The molecule has 2 aromatic rings. The molecule has 1 unspecified atom stereocenters. The first kappa shape index (κ1) is 15.7. The van der Waals surface area contributed by atoms with Gasteiger partial charge in [-0.05, 0) is 30.5 Å². The van der Waals surface area contributed by atoms with Crippen molar-refractivity contribution < 1.29 is 14.3 Å². The molecule has 4 rings (SSSR count). The quantitative estimate of drug-likeness (QED) is 0.913. The van der Waals surface area contributed by atoms with Crippen LogP contribution in [0.25, 0.3) is 0 Å². The minimum Gasteiger partial charge on any atom is -0.478 e. The van der Waals surface area contributed by atoms with Crippen LogP contribution in [0.15, 0.2) is 54.6 Å². The van der Waals surface area contributed by atoms with Gasteiger partial charge in [-0.25, -0.2) is 0 Å². The molecule has 128 valence electrons. The summed E-state index contributed by atoms with van der Waals surface area (Å²) in [7, 11) is 0. The normalized spacial score (nSPS) is 18.7. The molecular formula is C20H20N2O3. The molecule has 1 saturated carbocycles. The van der Waals surface area contributed by atoms with E-state index in [9.17, 15) is 9.59 Å². The van der Waals surface area contributed by atoms with E-state index in [1.54, 1.807) is 12.1 Å². The molecule has 0 spiro atoms. The maximum atomic E-state index is 12.8. The van der Waals surface area contributed by atoms with E-state index < -0.39 is 6.10 Å². The molecule has 0 aromatic heterocycles. The Kier molecular flexibility index (Phi) is 4.14. The molecule has 5 heteroatoms. The third-order valence-corrected chi connectivity index (χ3v) is 4.57. The van der Waals surface area contributed by atoms with Crippen molar-refractivity contribution in [2.45, 2.75) is 38.0 Å². The molecule has 0 bridgehead atoms. The van der Waals surface area contributed by atoms with Crippen molar-refractivity contribution in [2.24, 2.45) is 0 Å². The van der Waals surface area contributed by atoms with Gasteiger partial charge in [0.15, 0.2) is 6.10 Å². The summed E-state index contributed by atoms with van der Waals surface area (Å²) in [5, 5.41) is 2.81. The number of fused-ring (bicyclic) bond motifs is 1. The molecule has 1 fully saturated rings. The predicted octanol–water partition coefficient (Wildman–Crippen LogP) is 2.97. The van der Waals surface area contributed by atoms with Gasteiger partial charge in [0.05, 0.1) is 12.1 Å². The Hall–Kier alpha value is -2.82. The van der Waals surface area contributed by atoms with E-state index >= 15 is 0 Å². The predicted molar refractivity (Wildman–Crippen MR) is 94.1 cm³/mol. The van der Waals surface area contributed by atoms with Gasteiger partial charge in [-0.1, -0.05) is 42.5 Å². The van der Waals surface area contributed by atoms with E-state index in [1.807, 2.05) is 47.4 Å². The van der Waals surface area contributed by atoms with Crippen LogP contribution in [0.5, 0.6) is 5.75 Å². The van der Waals surface area contributed by atoms with Crippen molar-refractivity contribution in [1.29, 1.82) is 0 Å². The summed E-state index contributed by atoms with van der Waals surface area (Å²) < 4.78 is 5.76. The van der Waals surface area contributed by atoms with Gasteiger partial charge in [-0.2, -0.15) is 0 Å². The maximum Gasteiger partial charge on any atom is 0.266 e. The SMILES string of the molecule is O=C1Nc2ccccc2OC1CC(=O)N(Cc1ccccc1)C1CC1. The fourth-order valence-corrected chi connectivity index (χ4v) is 3.09. The van der Waals surface area contributed by atoms with Crippen molar-refractivity contribution in [3.8, 4) is 5.75 Å². The third-order valence-electron chi connectivity index (χ3n) is 4.57. The van der Waals surface area contributed by atoms with Gasteiger partial charge in [-0.3, -0.25) is 9.59 Å². The van der Waals surface area contributed by atoms with Gasteiger partial charge in [0.1, 0.15) is 5.75 Å². The molecular weight excluding hydrogens is 316 g/mol. The molecule has 0 radical (unpaired) electrons. The van der Waals surface area contributed by atoms with Crippen molar-refractivity contribution >= 4 is 17.5 Å². The Morgan fingerprint density at radius 2 is 1.80 bits per heavy atom. The number of anilines is 1. The van der Waals surface area contributed by atoms with Crippen molar-refractivity contribution in [1.82, 2.24) is 4.90 Å². The van der Waals surface area contributed by atoms with E-state index in [-0.39, 0.29) is 24.3 Å². The van der Waals surface area contributed by atoms with Gasteiger partial charge >= 0.3 is 0 Å². The number of benzene rings is 2. The van der Waals surface area contributed by atoms with Gasteiger partial charge in [0.25, 0.3) is 5.91 Å². The molecule has 1 heterocycles. The highest BCUT2D eigenvalue weighted by Crippen LogP contribution is 2.32. The van der Waals surface area contributed by atoms with Crippen LogP contribution in [-0.4, -0.2) is 28.9 Å². The lowest BCUT2D eigenvalue weighted by Crippen LogP contribution is -2.42. The van der Waals surface area contributed by atoms with E-state index in [2.05, 4.69) is 5.32 Å². The average molecular weight is 336 g/mol. The average Bonchev–Trinajstić information content (AvgIpc) is 3.46. The Bertz CT molecular complexity index is 787. The maximum absolute atomic E-state index is 12.8. The fraction of sp³-hybridized carbons (Fsp3) is 0.300. The van der Waals surface area contributed by atoms with Crippen LogP contribution >= 0.6 is 0 Å². The summed E-state index contributed by atoms with van der Waals surface area (Å²) in [6.07, 6.45) is 1.33. The highest BCUT2D eigenvalue weighted by molar-refractivity contribution is 6.00. The van der Waals surface area contributed by atoms with E-state index in [4.69, 9.17) is 4.74 Å². The van der Waals surface area contributed by atoms with Gasteiger partial charge in [0.2, 0.25) is 5.91 Å². The summed E-state index contributed by atoms with van der Waals surface area (Å²) in [5.74, 6) is 0.314. The molecule has 5 nitrogen and oxygen atoms in total. The fourth-order valence-electron chi connectivity index (χ4n) is 3.09. The van der Waals surface area contributed by atoms with E-state index in [0.717, 1.165) is 18.4 Å². The lowest BCUT2D eigenvalue weighted by Gasteiger charge is -2.28. The number of hydrogen-bond acceptors (Lipinski definition) is 3. The topological polar surface area (TPSA) is 58.6 Å². The zero-order valence-corrected chi connectivity index (χ0v) is 13.9. The largest absolute Gasteiger partial charge is 0.478 e. The lowest BCUT2D eigenvalue weighted by molar-refractivity contribution is -0.138. The molecule has 0 saturated heterocycles. The second-order valence-electron chi connectivity index (χ2n) is 6.53. The Morgan fingerprint density at radius 3 is 2.56 bits per heavy atom. The minimum absolute atomic E-state index is 0.0362. The molecule has 1 aliphatic carbocycles. The number of nitrogens with one attached hydrogen (secondary N) is 1. The Balaban J connectivity index is 1.46. The van der Waals surface area contributed by atoms with Gasteiger partial charge in [0, 0.05) is 12.6 Å². The van der Waals surface area contributed by atoms with Crippen LogP contribution in [-0.2, 0) is 16.1 Å². The number of hydrogen-bond donors (Lipinski definition) is 1. The van der Waals surface area contributed by atoms with Crippen LogP contribution in [0.4, 0.5) is 5.69 Å². The molecule has 1 N–H and O–H groups in total. The van der Waals surface area contributed by atoms with E-state index in [0.29, 0.717) is 18.0 Å². The summed E-state index contributed by atoms with van der Waals surface area (Å²) in [4.78, 5) is 27.0. The smallest absolute Gasteiger partial charge is 0.266 e. The van der Waals surface area contributed by atoms with Gasteiger partial charge in [-0.15, -0.1) is 0 Å². The number of ether oxygens (including phenoxy) is 1. The lowest BCUT2D eigenvalue weighted by atomic mass is 10.1. The molecule has 2 aromatic carbocycles.